The van der Waals surface area contributed by atoms with E-state index in [1.165, 1.54) is 22.2 Å². The minimum Gasteiger partial charge on any atom is -0.310 e. The van der Waals surface area contributed by atoms with Crippen LogP contribution in [0.4, 0.5) is 23.4 Å². The van der Waals surface area contributed by atoms with Gasteiger partial charge < -0.3 is 5.32 Å². The summed E-state index contributed by atoms with van der Waals surface area (Å²) in [5.74, 6) is -8.05. The van der Waals surface area contributed by atoms with Crippen molar-refractivity contribution in [1.82, 2.24) is 14.8 Å². The maximum atomic E-state index is 13.2. The van der Waals surface area contributed by atoms with Crippen LogP contribution in [0.2, 0.25) is 0 Å². The average Bonchev–Trinajstić information content (AvgIpc) is 2.89. The van der Waals surface area contributed by atoms with E-state index < -0.39 is 36.0 Å². The zero-order chi connectivity index (χ0) is 18.0. The van der Waals surface area contributed by atoms with Crippen molar-refractivity contribution in [2.75, 3.05) is 5.32 Å². The van der Waals surface area contributed by atoms with Gasteiger partial charge in [0.05, 0.1) is 5.69 Å². The van der Waals surface area contributed by atoms with E-state index in [0.717, 1.165) is 0 Å². The molecule has 134 valence electrons. The third-order valence-corrected chi connectivity index (χ3v) is 5.37. The van der Waals surface area contributed by atoms with E-state index in [0.29, 0.717) is 16.4 Å². The molecule has 25 heavy (non-hydrogen) atoms. The Kier molecular flexibility index (Phi) is 3.47. The van der Waals surface area contributed by atoms with E-state index in [-0.39, 0.29) is 18.7 Å². The van der Waals surface area contributed by atoms with Crippen molar-refractivity contribution in [3.63, 3.8) is 0 Å². The number of nitrogens with one attached hydrogen (secondary N) is 1. The summed E-state index contributed by atoms with van der Waals surface area (Å²) >= 11 is 1.24. The minimum atomic E-state index is -2.98. The number of aromatic nitrogens is 3. The molecule has 2 aliphatic rings. The van der Waals surface area contributed by atoms with E-state index >= 15 is 0 Å². The highest BCUT2D eigenvalue weighted by atomic mass is 32.1. The van der Waals surface area contributed by atoms with Gasteiger partial charge in [-0.15, -0.1) is 11.3 Å². The lowest BCUT2D eigenvalue weighted by Crippen LogP contribution is -2.34. The van der Waals surface area contributed by atoms with Crippen molar-refractivity contribution in [3.8, 4) is 5.13 Å². The van der Waals surface area contributed by atoms with Crippen LogP contribution in [-0.4, -0.2) is 32.5 Å². The number of halogens is 4. The molecule has 1 amide bonds. The molecule has 2 fully saturated rings. The molecule has 0 aliphatic heterocycles. The lowest BCUT2D eigenvalue weighted by molar-refractivity contribution is -0.119. The summed E-state index contributed by atoms with van der Waals surface area (Å²) in [6.45, 7) is 1.64. The van der Waals surface area contributed by atoms with Crippen molar-refractivity contribution in [2.24, 2.45) is 5.92 Å². The first-order valence-corrected chi connectivity index (χ1v) is 8.62. The molecule has 0 unspecified atom stereocenters. The summed E-state index contributed by atoms with van der Waals surface area (Å²) in [4.78, 5) is 16.2. The van der Waals surface area contributed by atoms with Gasteiger partial charge in [0.25, 0.3) is 5.92 Å². The zero-order valence-electron chi connectivity index (χ0n) is 13.1. The first kappa shape index (κ1) is 16.5. The quantitative estimate of drug-likeness (QED) is 0.830. The van der Waals surface area contributed by atoms with Crippen LogP contribution in [0.5, 0.6) is 0 Å². The van der Waals surface area contributed by atoms with Crippen molar-refractivity contribution in [2.45, 2.75) is 43.9 Å². The van der Waals surface area contributed by atoms with Crippen LogP contribution < -0.4 is 5.32 Å². The van der Waals surface area contributed by atoms with E-state index in [9.17, 15) is 22.4 Å². The fraction of sp³-hybridized carbons (Fsp3) is 0.533. The molecule has 4 rings (SSSR count). The number of thiazole rings is 1. The number of hydrogen-bond acceptors (Lipinski definition) is 4. The molecule has 2 saturated carbocycles. The van der Waals surface area contributed by atoms with Crippen LogP contribution in [0, 0.1) is 12.8 Å². The molecule has 0 aromatic carbocycles. The number of rotatable bonds is 4. The molecule has 2 heterocycles. The molecule has 2 aromatic rings. The van der Waals surface area contributed by atoms with Crippen LogP contribution in [0.1, 0.15) is 36.4 Å². The Hall–Kier alpha value is -1.97. The molecule has 2 aliphatic carbocycles. The smallest absolute Gasteiger partial charge is 0.260 e. The van der Waals surface area contributed by atoms with Gasteiger partial charge >= 0.3 is 0 Å². The van der Waals surface area contributed by atoms with Crippen molar-refractivity contribution < 1.29 is 22.4 Å². The lowest BCUT2D eigenvalue weighted by atomic mass is 9.78. The summed E-state index contributed by atoms with van der Waals surface area (Å²) in [7, 11) is 0. The molecular formula is C15H14F4N4OS. The van der Waals surface area contributed by atoms with Gasteiger partial charge in [-0.25, -0.2) is 22.5 Å². The first-order chi connectivity index (χ1) is 11.7. The third-order valence-electron chi connectivity index (χ3n) is 4.62. The molecule has 10 heteroatoms. The molecule has 0 radical (unpaired) electrons. The second-order valence-corrected chi connectivity index (χ2v) is 7.43. The van der Waals surface area contributed by atoms with Crippen LogP contribution >= 0.6 is 11.3 Å². The second kappa shape index (κ2) is 5.26. The SMILES string of the molecule is Cc1c(C2CC(F)(F)C2)nn(-c2nccs2)c1NC(=O)[C@@H]1CC1(F)F. The highest BCUT2D eigenvalue weighted by Crippen LogP contribution is 2.51. The Labute approximate surface area is 144 Å². The van der Waals surface area contributed by atoms with Crippen molar-refractivity contribution in [1.29, 1.82) is 0 Å². The van der Waals surface area contributed by atoms with Crippen LogP contribution in [-0.2, 0) is 4.79 Å². The van der Waals surface area contributed by atoms with Crippen LogP contribution in [0.3, 0.4) is 0 Å². The number of amides is 1. The van der Waals surface area contributed by atoms with E-state index in [4.69, 9.17) is 0 Å². The molecule has 0 bridgehead atoms. The highest BCUT2D eigenvalue weighted by molar-refractivity contribution is 7.12. The van der Waals surface area contributed by atoms with Gasteiger partial charge in [-0.1, -0.05) is 0 Å². The van der Waals surface area contributed by atoms with Gasteiger partial charge in [0.15, 0.2) is 0 Å². The summed E-state index contributed by atoms with van der Waals surface area (Å²) < 4.78 is 54.0. The highest BCUT2D eigenvalue weighted by Gasteiger charge is 2.61. The van der Waals surface area contributed by atoms with Crippen molar-refractivity contribution in [3.05, 3.63) is 22.8 Å². The largest absolute Gasteiger partial charge is 0.310 e. The Balaban J connectivity index is 1.66. The molecular weight excluding hydrogens is 360 g/mol. The summed E-state index contributed by atoms with van der Waals surface area (Å²) in [6, 6.07) is 0. The summed E-state index contributed by atoms with van der Waals surface area (Å²) in [6.07, 6.45) is 0.438. The zero-order valence-corrected chi connectivity index (χ0v) is 13.9. The average molecular weight is 374 g/mol. The van der Waals surface area contributed by atoms with Crippen molar-refractivity contribution >= 4 is 23.1 Å². The minimum absolute atomic E-state index is 0.216. The molecule has 0 spiro atoms. The fourth-order valence-corrected chi connectivity index (χ4v) is 3.66. The molecule has 1 N–H and O–H groups in total. The van der Waals surface area contributed by atoms with Gasteiger partial charge in [-0.05, 0) is 6.92 Å². The number of carbonyl (C=O) groups excluding carboxylic acids is 1. The van der Waals surface area contributed by atoms with Gasteiger partial charge in [0.1, 0.15) is 11.7 Å². The van der Waals surface area contributed by atoms with Gasteiger partial charge in [-0.3, -0.25) is 4.79 Å². The molecule has 1 atom stereocenters. The third kappa shape index (κ3) is 2.82. The summed E-state index contributed by atoms with van der Waals surface area (Å²) in [5, 5.41) is 8.96. The number of anilines is 1. The maximum absolute atomic E-state index is 13.2. The van der Waals surface area contributed by atoms with E-state index in [2.05, 4.69) is 15.4 Å². The lowest BCUT2D eigenvalue weighted by Gasteiger charge is -2.34. The number of nitrogens with zero attached hydrogens (tertiary/aromatic N) is 3. The number of hydrogen-bond donors (Lipinski definition) is 1. The number of alkyl halides is 4. The standard InChI is InChI=1S/C15H14F4N4OS/c1-7-10(8-4-14(16,17)5-8)22-23(13-20-2-3-25-13)11(7)21-12(24)9-6-15(9,18)19/h2-3,8-9H,4-6H2,1H3,(H,21,24)/t9-/m0/s1. The fourth-order valence-electron chi connectivity index (χ4n) is 3.06. The molecule has 0 saturated heterocycles. The predicted molar refractivity (Wildman–Crippen MR) is 82.6 cm³/mol. The Morgan fingerprint density at radius 1 is 1.32 bits per heavy atom. The van der Waals surface area contributed by atoms with Crippen LogP contribution in [0.25, 0.3) is 5.13 Å². The summed E-state index contributed by atoms with van der Waals surface area (Å²) in [5.41, 5.74) is 0.951. The van der Waals surface area contributed by atoms with E-state index in [1.54, 1.807) is 12.3 Å². The Bertz CT molecular complexity index is 825. The van der Waals surface area contributed by atoms with Crippen LogP contribution in [0.15, 0.2) is 11.6 Å². The predicted octanol–water partition coefficient (Wildman–Crippen LogP) is 3.74. The normalized spacial score (nSPS) is 24.0. The monoisotopic (exact) mass is 374 g/mol. The molecule has 5 nitrogen and oxygen atoms in total. The second-order valence-electron chi connectivity index (χ2n) is 6.55. The maximum Gasteiger partial charge on any atom is 0.260 e. The van der Waals surface area contributed by atoms with Gasteiger partial charge in [-0.2, -0.15) is 9.78 Å². The molecule has 2 aromatic heterocycles. The van der Waals surface area contributed by atoms with Gasteiger partial charge in [0.2, 0.25) is 17.0 Å². The number of carbonyl (C=O) groups is 1. The first-order valence-electron chi connectivity index (χ1n) is 7.74. The van der Waals surface area contributed by atoms with E-state index in [1.807, 2.05) is 0 Å². The Morgan fingerprint density at radius 2 is 2.00 bits per heavy atom. The Morgan fingerprint density at radius 3 is 2.52 bits per heavy atom. The topological polar surface area (TPSA) is 59.8 Å². The van der Waals surface area contributed by atoms with Gasteiger partial charge in [0, 0.05) is 42.3 Å².